The summed E-state index contributed by atoms with van der Waals surface area (Å²) in [6.07, 6.45) is 5.41. The fourth-order valence-electron chi connectivity index (χ4n) is 3.15. The molecule has 1 fully saturated rings. The topological polar surface area (TPSA) is 69.2 Å². The van der Waals surface area contributed by atoms with Crippen molar-refractivity contribution in [3.8, 4) is 0 Å². The number of halogens is 1. The lowest BCUT2D eigenvalue weighted by atomic mass is 9.85. The second-order valence-electron chi connectivity index (χ2n) is 6.46. The summed E-state index contributed by atoms with van der Waals surface area (Å²) in [7, 11) is 0. The van der Waals surface area contributed by atoms with Crippen LogP contribution in [0.25, 0.3) is 0 Å². The summed E-state index contributed by atoms with van der Waals surface area (Å²) in [6, 6.07) is 6.70. The van der Waals surface area contributed by atoms with E-state index in [9.17, 15) is 14.3 Å². The number of aryl methyl sites for hydroxylation is 1. The van der Waals surface area contributed by atoms with Crippen molar-refractivity contribution in [1.29, 1.82) is 0 Å². The Bertz CT molecular complexity index is 739. The number of nitrogens with one attached hydrogen (secondary N) is 1. The van der Waals surface area contributed by atoms with E-state index in [2.05, 4.69) is 14.9 Å². The average molecular weight is 331 g/mol. The summed E-state index contributed by atoms with van der Waals surface area (Å²) in [5.74, 6) is -0.215. The van der Waals surface area contributed by atoms with Gasteiger partial charge in [-0.1, -0.05) is 18.2 Å². The van der Waals surface area contributed by atoms with Gasteiger partial charge in [0.15, 0.2) is 0 Å². The van der Waals surface area contributed by atoms with Crippen molar-refractivity contribution in [3.63, 3.8) is 0 Å². The quantitative estimate of drug-likeness (QED) is 0.878. The summed E-state index contributed by atoms with van der Waals surface area (Å²) in [6.45, 7) is 1.88. The SMILES string of the molecule is O=c1[nH]ccnc1CN1CCC(O)(CCc2ccccc2F)CC1. The van der Waals surface area contributed by atoms with E-state index in [0.29, 0.717) is 56.6 Å². The van der Waals surface area contributed by atoms with Gasteiger partial charge in [0.2, 0.25) is 0 Å². The maximum atomic E-state index is 13.7. The molecule has 1 aliphatic heterocycles. The van der Waals surface area contributed by atoms with Gasteiger partial charge in [-0.2, -0.15) is 0 Å². The van der Waals surface area contributed by atoms with Crippen LogP contribution in [0.5, 0.6) is 0 Å². The smallest absolute Gasteiger partial charge is 0.270 e. The summed E-state index contributed by atoms with van der Waals surface area (Å²) in [5.41, 5.74) is 0.204. The normalized spacial score (nSPS) is 17.8. The number of aliphatic hydroxyl groups is 1. The number of aromatic amines is 1. The highest BCUT2D eigenvalue weighted by Gasteiger charge is 2.32. The zero-order valence-corrected chi connectivity index (χ0v) is 13.5. The number of piperidine rings is 1. The monoisotopic (exact) mass is 331 g/mol. The predicted octanol–water partition coefficient (Wildman–Crippen LogP) is 1.87. The second-order valence-corrected chi connectivity index (χ2v) is 6.46. The van der Waals surface area contributed by atoms with Gasteiger partial charge in [0.05, 0.1) is 5.60 Å². The Balaban J connectivity index is 1.53. The number of nitrogens with zero attached hydrogens (tertiary/aromatic N) is 2. The first-order chi connectivity index (χ1) is 11.6. The molecule has 0 aliphatic carbocycles. The lowest BCUT2D eigenvalue weighted by Gasteiger charge is -2.38. The van der Waals surface area contributed by atoms with Crippen LogP contribution in [0.2, 0.25) is 0 Å². The van der Waals surface area contributed by atoms with Crippen molar-refractivity contribution in [2.24, 2.45) is 0 Å². The molecule has 2 N–H and O–H groups in total. The van der Waals surface area contributed by atoms with E-state index in [1.54, 1.807) is 18.3 Å². The standard InChI is InChI=1S/C18H22FN3O2/c19-15-4-2-1-3-14(15)5-6-18(24)7-11-22(12-8-18)13-16-17(23)21-10-9-20-16/h1-4,9-10,24H,5-8,11-13H2,(H,21,23). The highest BCUT2D eigenvalue weighted by molar-refractivity contribution is 5.17. The first-order valence-corrected chi connectivity index (χ1v) is 8.26. The number of benzene rings is 1. The zero-order valence-electron chi connectivity index (χ0n) is 13.5. The minimum absolute atomic E-state index is 0.169. The van der Waals surface area contributed by atoms with E-state index in [1.165, 1.54) is 12.3 Å². The number of hydrogen-bond donors (Lipinski definition) is 2. The van der Waals surface area contributed by atoms with Gasteiger partial charge in [-0.25, -0.2) is 4.39 Å². The lowest BCUT2D eigenvalue weighted by Crippen LogP contribution is -2.45. The summed E-state index contributed by atoms with van der Waals surface area (Å²) in [4.78, 5) is 20.5. The van der Waals surface area contributed by atoms with E-state index in [-0.39, 0.29) is 11.4 Å². The van der Waals surface area contributed by atoms with Crippen LogP contribution >= 0.6 is 0 Å². The van der Waals surface area contributed by atoms with Gasteiger partial charge >= 0.3 is 0 Å². The molecule has 0 bridgehead atoms. The minimum Gasteiger partial charge on any atom is -0.390 e. The van der Waals surface area contributed by atoms with Gasteiger partial charge in [0.1, 0.15) is 11.5 Å². The molecule has 0 spiro atoms. The Labute approximate surface area is 140 Å². The van der Waals surface area contributed by atoms with E-state index in [0.717, 1.165) is 0 Å². The van der Waals surface area contributed by atoms with Gasteiger partial charge in [0, 0.05) is 32.0 Å². The van der Waals surface area contributed by atoms with E-state index >= 15 is 0 Å². The fraction of sp³-hybridized carbons (Fsp3) is 0.444. The third kappa shape index (κ3) is 4.07. The van der Waals surface area contributed by atoms with E-state index in [1.807, 2.05) is 6.07 Å². The summed E-state index contributed by atoms with van der Waals surface area (Å²) in [5, 5.41) is 10.7. The van der Waals surface area contributed by atoms with Crippen LogP contribution in [0.1, 0.15) is 30.5 Å². The molecule has 0 amide bonds. The maximum absolute atomic E-state index is 13.7. The van der Waals surface area contributed by atoms with Crippen molar-refractivity contribution in [1.82, 2.24) is 14.9 Å². The van der Waals surface area contributed by atoms with Crippen molar-refractivity contribution in [3.05, 3.63) is 64.1 Å². The van der Waals surface area contributed by atoms with Crippen molar-refractivity contribution < 1.29 is 9.50 Å². The summed E-state index contributed by atoms with van der Waals surface area (Å²) >= 11 is 0. The predicted molar refractivity (Wildman–Crippen MR) is 89.0 cm³/mol. The molecule has 6 heteroatoms. The molecule has 1 aliphatic rings. The van der Waals surface area contributed by atoms with Crippen LogP contribution in [-0.4, -0.2) is 38.7 Å². The summed E-state index contributed by atoms with van der Waals surface area (Å²) < 4.78 is 13.7. The van der Waals surface area contributed by atoms with Crippen molar-refractivity contribution in [2.45, 2.75) is 37.8 Å². The van der Waals surface area contributed by atoms with Crippen molar-refractivity contribution >= 4 is 0 Å². The van der Waals surface area contributed by atoms with Gasteiger partial charge in [-0.15, -0.1) is 0 Å². The molecule has 2 heterocycles. The largest absolute Gasteiger partial charge is 0.390 e. The molecule has 1 saturated heterocycles. The molecular formula is C18H22FN3O2. The molecule has 0 atom stereocenters. The Kier molecular flexibility index (Phi) is 5.06. The Morgan fingerprint density at radius 3 is 2.75 bits per heavy atom. The molecule has 24 heavy (non-hydrogen) atoms. The fourth-order valence-corrected chi connectivity index (χ4v) is 3.15. The second kappa shape index (κ2) is 7.23. The molecule has 1 aromatic heterocycles. The van der Waals surface area contributed by atoms with Crippen LogP contribution in [0.3, 0.4) is 0 Å². The average Bonchev–Trinajstić information content (AvgIpc) is 2.58. The number of H-pyrrole nitrogens is 1. The molecule has 0 saturated carbocycles. The molecule has 2 aromatic rings. The highest BCUT2D eigenvalue weighted by Crippen LogP contribution is 2.28. The van der Waals surface area contributed by atoms with Crippen LogP contribution in [0.15, 0.2) is 41.5 Å². The minimum atomic E-state index is -0.769. The number of likely N-dealkylation sites (tertiary alicyclic amines) is 1. The lowest BCUT2D eigenvalue weighted by molar-refractivity contribution is -0.0294. The third-order valence-corrected chi connectivity index (χ3v) is 4.76. The Hall–Kier alpha value is -2.05. The first-order valence-electron chi connectivity index (χ1n) is 8.26. The van der Waals surface area contributed by atoms with Gasteiger partial charge < -0.3 is 10.1 Å². The number of aromatic nitrogens is 2. The van der Waals surface area contributed by atoms with Gasteiger partial charge in [-0.05, 0) is 37.3 Å². The van der Waals surface area contributed by atoms with Gasteiger partial charge in [-0.3, -0.25) is 14.7 Å². The molecule has 5 nitrogen and oxygen atoms in total. The van der Waals surface area contributed by atoms with Crippen LogP contribution < -0.4 is 5.56 Å². The van der Waals surface area contributed by atoms with Crippen LogP contribution in [0, 0.1) is 5.82 Å². The Morgan fingerprint density at radius 2 is 2.04 bits per heavy atom. The zero-order chi connectivity index (χ0) is 17.0. The molecule has 3 rings (SSSR count). The molecule has 1 aromatic carbocycles. The number of hydrogen-bond acceptors (Lipinski definition) is 4. The molecule has 0 unspecified atom stereocenters. The third-order valence-electron chi connectivity index (χ3n) is 4.76. The highest BCUT2D eigenvalue weighted by atomic mass is 19.1. The number of rotatable bonds is 5. The van der Waals surface area contributed by atoms with E-state index < -0.39 is 5.60 Å². The molecule has 128 valence electrons. The van der Waals surface area contributed by atoms with Crippen LogP contribution in [0.4, 0.5) is 4.39 Å². The van der Waals surface area contributed by atoms with Crippen LogP contribution in [-0.2, 0) is 13.0 Å². The van der Waals surface area contributed by atoms with Gasteiger partial charge in [0.25, 0.3) is 5.56 Å². The van der Waals surface area contributed by atoms with Crippen molar-refractivity contribution in [2.75, 3.05) is 13.1 Å². The van der Waals surface area contributed by atoms with E-state index in [4.69, 9.17) is 0 Å². The first kappa shape index (κ1) is 16.8. The maximum Gasteiger partial charge on any atom is 0.270 e. The Morgan fingerprint density at radius 1 is 1.29 bits per heavy atom. The molecule has 0 radical (unpaired) electrons. The molecular weight excluding hydrogens is 309 g/mol.